The number of rotatable bonds is 15. The lowest BCUT2D eigenvalue weighted by Gasteiger charge is -2.24. The van der Waals surface area contributed by atoms with E-state index in [-0.39, 0.29) is 13.2 Å². The van der Waals surface area contributed by atoms with Crippen molar-refractivity contribution >= 4 is 0 Å². The molecule has 1 saturated heterocycles. The van der Waals surface area contributed by atoms with Gasteiger partial charge in [0.25, 0.3) is 0 Å². The zero-order valence-electron chi connectivity index (χ0n) is 15.4. The maximum atomic E-state index is 9.78. The van der Waals surface area contributed by atoms with Crippen molar-refractivity contribution in [1.29, 1.82) is 0 Å². The SMILES string of the molecule is CCCCCCCCCCCCCO[C@H](CO)[C@@H]1OC[C@H](O)[C@@H]1O. The number of ether oxygens (including phenoxy) is 2. The van der Waals surface area contributed by atoms with Crippen LogP contribution in [0.5, 0.6) is 0 Å². The van der Waals surface area contributed by atoms with Gasteiger partial charge in [-0.2, -0.15) is 0 Å². The van der Waals surface area contributed by atoms with Gasteiger partial charge in [-0.05, 0) is 6.42 Å². The molecular weight excluding hydrogens is 308 g/mol. The lowest BCUT2D eigenvalue weighted by atomic mass is 10.1. The molecule has 1 aliphatic heterocycles. The lowest BCUT2D eigenvalue weighted by molar-refractivity contribution is -0.101. The van der Waals surface area contributed by atoms with E-state index in [0.29, 0.717) is 6.61 Å². The van der Waals surface area contributed by atoms with Gasteiger partial charge in [0, 0.05) is 6.61 Å². The van der Waals surface area contributed by atoms with Crippen LogP contribution >= 0.6 is 0 Å². The van der Waals surface area contributed by atoms with Gasteiger partial charge in [0.1, 0.15) is 24.4 Å². The van der Waals surface area contributed by atoms with Gasteiger partial charge in [-0.25, -0.2) is 0 Å². The highest BCUT2D eigenvalue weighted by Crippen LogP contribution is 2.20. The Bertz CT molecular complexity index is 287. The van der Waals surface area contributed by atoms with Crippen LogP contribution in [0.1, 0.15) is 77.6 Å². The maximum Gasteiger partial charge on any atom is 0.114 e. The Labute approximate surface area is 147 Å². The Morgan fingerprint density at radius 2 is 1.46 bits per heavy atom. The average molecular weight is 347 g/mol. The maximum absolute atomic E-state index is 9.78. The van der Waals surface area contributed by atoms with Crippen LogP contribution in [0.4, 0.5) is 0 Å². The van der Waals surface area contributed by atoms with Crippen LogP contribution in [-0.4, -0.2) is 59.6 Å². The summed E-state index contributed by atoms with van der Waals surface area (Å²) < 4.78 is 10.9. The van der Waals surface area contributed by atoms with Gasteiger partial charge in [-0.3, -0.25) is 0 Å². The van der Waals surface area contributed by atoms with Gasteiger partial charge in [-0.1, -0.05) is 71.1 Å². The van der Waals surface area contributed by atoms with Crippen LogP contribution in [0.15, 0.2) is 0 Å². The minimum Gasteiger partial charge on any atom is -0.394 e. The van der Waals surface area contributed by atoms with Gasteiger partial charge < -0.3 is 24.8 Å². The Morgan fingerprint density at radius 1 is 0.917 bits per heavy atom. The first-order chi connectivity index (χ1) is 11.7. The summed E-state index contributed by atoms with van der Waals surface area (Å²) in [5.74, 6) is 0. The average Bonchev–Trinajstić information content (AvgIpc) is 2.92. The molecule has 0 aromatic carbocycles. The number of unbranched alkanes of at least 4 members (excludes halogenated alkanes) is 10. The quantitative estimate of drug-likeness (QED) is 0.397. The predicted octanol–water partition coefficient (Wildman–Crippen LogP) is 2.80. The molecule has 1 heterocycles. The van der Waals surface area contributed by atoms with Crippen LogP contribution in [-0.2, 0) is 9.47 Å². The first-order valence-corrected chi connectivity index (χ1v) is 9.90. The highest BCUT2D eigenvalue weighted by Gasteiger charge is 2.40. The molecule has 0 unspecified atom stereocenters. The van der Waals surface area contributed by atoms with Gasteiger partial charge >= 0.3 is 0 Å². The molecule has 0 aromatic heterocycles. The van der Waals surface area contributed by atoms with E-state index in [1.54, 1.807) is 0 Å². The Kier molecular flexibility index (Phi) is 12.8. The van der Waals surface area contributed by atoms with Crippen molar-refractivity contribution in [3.63, 3.8) is 0 Å². The summed E-state index contributed by atoms with van der Waals surface area (Å²) >= 11 is 0. The van der Waals surface area contributed by atoms with E-state index in [9.17, 15) is 15.3 Å². The molecule has 0 amide bonds. The van der Waals surface area contributed by atoms with Crippen LogP contribution < -0.4 is 0 Å². The molecule has 0 bridgehead atoms. The Morgan fingerprint density at radius 3 is 1.92 bits per heavy atom. The number of hydrogen-bond donors (Lipinski definition) is 3. The number of aliphatic hydroxyl groups excluding tert-OH is 3. The van der Waals surface area contributed by atoms with Crippen molar-refractivity contribution in [2.45, 2.75) is 102 Å². The molecule has 4 atom stereocenters. The molecule has 0 spiro atoms. The standard InChI is InChI=1S/C19H38O5/c1-2-3-4-5-6-7-8-9-10-11-12-13-23-17(14-20)19-18(22)16(21)15-24-19/h16-22H,2-15H2,1H3/t16-,17+,18-,19-/m0/s1. The smallest absolute Gasteiger partial charge is 0.114 e. The van der Waals surface area contributed by atoms with Crippen molar-refractivity contribution in [2.24, 2.45) is 0 Å². The van der Waals surface area contributed by atoms with E-state index < -0.39 is 24.4 Å². The molecule has 1 rings (SSSR count). The summed E-state index contributed by atoms with van der Waals surface area (Å²) in [6.45, 7) is 2.71. The fourth-order valence-corrected chi connectivity index (χ4v) is 3.21. The zero-order valence-corrected chi connectivity index (χ0v) is 15.4. The fourth-order valence-electron chi connectivity index (χ4n) is 3.21. The first kappa shape index (κ1) is 21.8. The molecule has 1 fully saturated rings. The van der Waals surface area contributed by atoms with Crippen molar-refractivity contribution < 1.29 is 24.8 Å². The minimum atomic E-state index is -0.973. The summed E-state index contributed by atoms with van der Waals surface area (Å²) in [6.07, 6.45) is 11.1. The van der Waals surface area contributed by atoms with E-state index in [2.05, 4.69) is 6.92 Å². The third kappa shape index (κ3) is 8.77. The largest absolute Gasteiger partial charge is 0.394 e. The van der Waals surface area contributed by atoms with E-state index in [1.165, 1.54) is 57.8 Å². The molecule has 0 radical (unpaired) electrons. The molecule has 144 valence electrons. The lowest BCUT2D eigenvalue weighted by Crippen LogP contribution is -2.42. The minimum absolute atomic E-state index is 0.101. The second kappa shape index (κ2) is 14.0. The molecule has 3 N–H and O–H groups in total. The summed E-state index contributed by atoms with van der Waals surface area (Å²) in [5.41, 5.74) is 0. The van der Waals surface area contributed by atoms with Gasteiger partial charge in [0.15, 0.2) is 0 Å². The molecular formula is C19H38O5. The monoisotopic (exact) mass is 346 g/mol. The van der Waals surface area contributed by atoms with Crippen molar-refractivity contribution in [3.05, 3.63) is 0 Å². The van der Waals surface area contributed by atoms with E-state index in [0.717, 1.165) is 12.8 Å². The summed E-state index contributed by atoms with van der Waals surface area (Å²) in [4.78, 5) is 0. The third-order valence-corrected chi connectivity index (χ3v) is 4.82. The number of aliphatic hydroxyl groups is 3. The van der Waals surface area contributed by atoms with E-state index in [1.807, 2.05) is 0 Å². The van der Waals surface area contributed by atoms with Gasteiger partial charge in [0.2, 0.25) is 0 Å². The first-order valence-electron chi connectivity index (χ1n) is 9.90. The summed E-state index contributed by atoms with van der Waals surface area (Å²) in [6, 6.07) is 0. The second-order valence-corrected chi connectivity index (χ2v) is 6.98. The zero-order chi connectivity index (χ0) is 17.6. The molecule has 5 heteroatoms. The van der Waals surface area contributed by atoms with Crippen LogP contribution in [0, 0.1) is 0 Å². The molecule has 24 heavy (non-hydrogen) atoms. The molecule has 5 nitrogen and oxygen atoms in total. The van der Waals surface area contributed by atoms with Crippen LogP contribution in [0.3, 0.4) is 0 Å². The van der Waals surface area contributed by atoms with E-state index >= 15 is 0 Å². The topological polar surface area (TPSA) is 79.2 Å². The molecule has 1 aliphatic rings. The molecule has 0 aromatic rings. The fraction of sp³-hybridized carbons (Fsp3) is 1.00. The van der Waals surface area contributed by atoms with Crippen molar-refractivity contribution in [3.8, 4) is 0 Å². The predicted molar refractivity (Wildman–Crippen MR) is 95.0 cm³/mol. The van der Waals surface area contributed by atoms with Crippen molar-refractivity contribution in [1.82, 2.24) is 0 Å². The van der Waals surface area contributed by atoms with Gasteiger partial charge in [-0.15, -0.1) is 0 Å². The normalized spacial score (nSPS) is 25.2. The van der Waals surface area contributed by atoms with E-state index in [4.69, 9.17) is 9.47 Å². The van der Waals surface area contributed by atoms with Crippen LogP contribution in [0.25, 0.3) is 0 Å². The van der Waals surface area contributed by atoms with Gasteiger partial charge in [0.05, 0.1) is 13.2 Å². The van der Waals surface area contributed by atoms with Crippen LogP contribution in [0.2, 0.25) is 0 Å². The Balaban J connectivity index is 1.92. The second-order valence-electron chi connectivity index (χ2n) is 6.98. The summed E-state index contributed by atoms with van der Waals surface area (Å²) in [5, 5.41) is 28.6. The highest BCUT2D eigenvalue weighted by molar-refractivity contribution is 4.88. The third-order valence-electron chi connectivity index (χ3n) is 4.82. The molecule has 0 saturated carbocycles. The Hall–Kier alpha value is -0.200. The summed E-state index contributed by atoms with van der Waals surface area (Å²) in [7, 11) is 0. The molecule has 0 aliphatic carbocycles. The highest BCUT2D eigenvalue weighted by atomic mass is 16.6. The van der Waals surface area contributed by atoms with Crippen molar-refractivity contribution in [2.75, 3.05) is 19.8 Å². The number of hydrogen-bond acceptors (Lipinski definition) is 5.